The Morgan fingerprint density at radius 2 is 2.11 bits per heavy atom. The van der Waals surface area contributed by atoms with Crippen LogP contribution in [0.3, 0.4) is 0 Å². The van der Waals surface area contributed by atoms with Gasteiger partial charge in [0.15, 0.2) is 0 Å². The second-order valence-electron chi connectivity index (χ2n) is 6.87. The number of rotatable bonds is 1. The number of aliphatic hydroxyl groups is 1. The van der Waals surface area contributed by atoms with Gasteiger partial charge < -0.3 is 15.3 Å². The Kier molecular flexibility index (Phi) is 2.31. The van der Waals surface area contributed by atoms with Crippen LogP contribution >= 0.6 is 0 Å². The van der Waals surface area contributed by atoms with Gasteiger partial charge in [0.25, 0.3) is 0 Å². The van der Waals surface area contributed by atoms with Crippen LogP contribution in [0.2, 0.25) is 0 Å². The molecule has 4 aliphatic rings. The standard InChI is InChI=1S/C14H22N2O2/c1-7-4-15-5-11(7)14(18)16-6-9-2-8-3-10(9)12(16)13(8)17/h7-13,15,17H,2-6H2,1H3. The van der Waals surface area contributed by atoms with E-state index in [2.05, 4.69) is 12.2 Å². The van der Waals surface area contributed by atoms with E-state index < -0.39 is 0 Å². The molecule has 2 saturated heterocycles. The molecule has 0 aromatic heterocycles. The molecular weight excluding hydrogens is 228 g/mol. The first-order valence-electron chi connectivity index (χ1n) is 7.36. The minimum atomic E-state index is -0.248. The first kappa shape index (κ1) is 11.2. The van der Waals surface area contributed by atoms with Crippen LogP contribution in [0.15, 0.2) is 0 Å². The Hall–Kier alpha value is -0.610. The van der Waals surface area contributed by atoms with Gasteiger partial charge in [-0.25, -0.2) is 0 Å². The fraction of sp³-hybridized carbons (Fsp3) is 0.929. The van der Waals surface area contributed by atoms with E-state index in [1.54, 1.807) is 0 Å². The van der Waals surface area contributed by atoms with Crippen molar-refractivity contribution in [3.63, 3.8) is 0 Å². The average Bonchev–Trinajstić information content (AvgIpc) is 3.01. The van der Waals surface area contributed by atoms with E-state index in [-0.39, 0.29) is 18.1 Å². The summed E-state index contributed by atoms with van der Waals surface area (Å²) in [4.78, 5) is 14.7. The molecule has 4 heteroatoms. The van der Waals surface area contributed by atoms with E-state index in [4.69, 9.17) is 0 Å². The van der Waals surface area contributed by atoms with Gasteiger partial charge in [-0.15, -0.1) is 0 Å². The number of hydrogen-bond acceptors (Lipinski definition) is 3. The lowest BCUT2D eigenvalue weighted by molar-refractivity contribution is -0.139. The topological polar surface area (TPSA) is 52.6 Å². The van der Waals surface area contributed by atoms with E-state index >= 15 is 0 Å². The van der Waals surface area contributed by atoms with Crippen LogP contribution in [0.4, 0.5) is 0 Å². The van der Waals surface area contributed by atoms with Crippen LogP contribution in [-0.2, 0) is 4.79 Å². The number of hydrogen-bond donors (Lipinski definition) is 2. The number of nitrogens with one attached hydrogen (secondary N) is 1. The highest BCUT2D eigenvalue weighted by Crippen LogP contribution is 2.55. The highest BCUT2D eigenvalue weighted by Gasteiger charge is 2.60. The second kappa shape index (κ2) is 3.70. The van der Waals surface area contributed by atoms with Crippen LogP contribution in [0, 0.1) is 29.6 Å². The van der Waals surface area contributed by atoms with Crippen LogP contribution < -0.4 is 5.32 Å². The van der Waals surface area contributed by atoms with Crippen molar-refractivity contribution in [2.24, 2.45) is 29.6 Å². The van der Waals surface area contributed by atoms with E-state index in [1.165, 1.54) is 0 Å². The number of carbonyl (C=O) groups is 1. The van der Waals surface area contributed by atoms with Crippen molar-refractivity contribution in [3.05, 3.63) is 0 Å². The average molecular weight is 250 g/mol. The smallest absolute Gasteiger partial charge is 0.227 e. The van der Waals surface area contributed by atoms with E-state index in [0.717, 1.165) is 32.5 Å². The van der Waals surface area contributed by atoms with Crippen LogP contribution in [0.25, 0.3) is 0 Å². The van der Waals surface area contributed by atoms with Crippen molar-refractivity contribution < 1.29 is 9.90 Å². The van der Waals surface area contributed by atoms with Crippen molar-refractivity contribution in [2.75, 3.05) is 19.6 Å². The molecule has 4 nitrogen and oxygen atoms in total. The summed E-state index contributed by atoms with van der Waals surface area (Å²) in [7, 11) is 0. The SMILES string of the molecule is CC1CNCC1C(=O)N1CC2CC3CC2C1C3O. The molecule has 4 rings (SSSR count). The second-order valence-corrected chi connectivity index (χ2v) is 6.87. The van der Waals surface area contributed by atoms with Crippen LogP contribution in [-0.4, -0.2) is 47.7 Å². The molecular formula is C14H22N2O2. The Morgan fingerprint density at radius 3 is 2.78 bits per heavy atom. The molecule has 2 heterocycles. The zero-order valence-corrected chi connectivity index (χ0v) is 10.9. The van der Waals surface area contributed by atoms with Gasteiger partial charge in [-0.2, -0.15) is 0 Å². The maximum atomic E-state index is 12.7. The third-order valence-corrected chi connectivity index (χ3v) is 5.97. The predicted molar refractivity (Wildman–Crippen MR) is 66.7 cm³/mol. The summed E-state index contributed by atoms with van der Waals surface area (Å²) in [6, 6.07) is 0.147. The zero-order chi connectivity index (χ0) is 12.4. The highest BCUT2D eigenvalue weighted by atomic mass is 16.3. The molecule has 2 N–H and O–H groups in total. The molecule has 7 unspecified atom stereocenters. The van der Waals surface area contributed by atoms with Crippen molar-refractivity contribution in [3.8, 4) is 0 Å². The molecule has 0 radical (unpaired) electrons. The Balaban J connectivity index is 1.57. The maximum Gasteiger partial charge on any atom is 0.227 e. The summed E-state index contributed by atoms with van der Waals surface area (Å²) in [5, 5.41) is 13.6. The number of aliphatic hydroxyl groups excluding tert-OH is 1. The molecule has 7 atom stereocenters. The Labute approximate surface area is 108 Å². The monoisotopic (exact) mass is 250 g/mol. The molecule has 0 aromatic carbocycles. The summed E-state index contributed by atoms with van der Waals surface area (Å²) < 4.78 is 0. The number of fused-ring (bicyclic) bond motifs is 1. The normalized spacial score (nSPS) is 53.4. The molecule has 2 saturated carbocycles. The van der Waals surface area contributed by atoms with Gasteiger partial charge in [0.05, 0.1) is 18.1 Å². The molecule has 0 aromatic rings. The van der Waals surface area contributed by atoms with Crippen LogP contribution in [0.5, 0.6) is 0 Å². The highest BCUT2D eigenvalue weighted by molar-refractivity contribution is 5.80. The lowest BCUT2D eigenvalue weighted by atomic mass is 9.88. The van der Waals surface area contributed by atoms with E-state index in [1.807, 2.05) is 4.90 Å². The third-order valence-electron chi connectivity index (χ3n) is 5.97. The minimum Gasteiger partial charge on any atom is -0.391 e. The summed E-state index contributed by atoms with van der Waals surface area (Å²) in [5.41, 5.74) is 0. The van der Waals surface area contributed by atoms with Gasteiger partial charge in [0.1, 0.15) is 0 Å². The molecule has 0 spiro atoms. The van der Waals surface area contributed by atoms with Crippen molar-refractivity contribution in [2.45, 2.75) is 31.9 Å². The summed E-state index contributed by atoms with van der Waals surface area (Å²) in [5.74, 6) is 2.61. The van der Waals surface area contributed by atoms with Crippen molar-refractivity contribution >= 4 is 5.91 Å². The summed E-state index contributed by atoms with van der Waals surface area (Å²) in [6.45, 7) is 4.83. The third kappa shape index (κ3) is 1.31. The number of carbonyl (C=O) groups excluding carboxylic acids is 1. The Morgan fingerprint density at radius 1 is 1.28 bits per heavy atom. The van der Waals surface area contributed by atoms with E-state index in [9.17, 15) is 9.90 Å². The fourth-order valence-electron chi connectivity index (χ4n) is 5.02. The summed E-state index contributed by atoms with van der Waals surface area (Å²) >= 11 is 0. The van der Waals surface area contributed by atoms with Crippen LogP contribution in [0.1, 0.15) is 19.8 Å². The molecule has 100 valence electrons. The number of amides is 1. The summed E-state index contributed by atoms with van der Waals surface area (Å²) in [6.07, 6.45) is 2.05. The first-order chi connectivity index (χ1) is 8.66. The van der Waals surface area contributed by atoms with Gasteiger partial charge in [-0.3, -0.25) is 4.79 Å². The van der Waals surface area contributed by atoms with Gasteiger partial charge in [-0.05, 0) is 43.1 Å². The maximum absolute atomic E-state index is 12.7. The molecule has 2 aliphatic carbocycles. The van der Waals surface area contributed by atoms with Crippen molar-refractivity contribution in [1.29, 1.82) is 0 Å². The molecule has 4 fully saturated rings. The predicted octanol–water partition coefficient (Wildman–Crippen LogP) is 0.0696. The molecule has 2 aliphatic heterocycles. The minimum absolute atomic E-state index is 0.133. The lowest BCUT2D eigenvalue weighted by Gasteiger charge is -2.31. The number of nitrogens with zero attached hydrogens (tertiary/aromatic N) is 1. The van der Waals surface area contributed by atoms with E-state index in [0.29, 0.717) is 29.6 Å². The van der Waals surface area contributed by atoms with Gasteiger partial charge >= 0.3 is 0 Å². The van der Waals surface area contributed by atoms with Crippen molar-refractivity contribution in [1.82, 2.24) is 10.2 Å². The van der Waals surface area contributed by atoms with Gasteiger partial charge in [0.2, 0.25) is 5.91 Å². The van der Waals surface area contributed by atoms with Gasteiger partial charge in [-0.1, -0.05) is 6.92 Å². The largest absolute Gasteiger partial charge is 0.391 e. The fourth-order valence-corrected chi connectivity index (χ4v) is 5.02. The zero-order valence-electron chi connectivity index (χ0n) is 10.9. The Bertz CT molecular complexity index is 384. The first-order valence-corrected chi connectivity index (χ1v) is 7.36. The lowest BCUT2D eigenvalue weighted by Crippen LogP contribution is -2.47. The molecule has 2 bridgehead atoms. The number of likely N-dealkylation sites (tertiary alicyclic amines) is 1. The molecule has 1 amide bonds. The van der Waals surface area contributed by atoms with Gasteiger partial charge in [0, 0.05) is 13.1 Å². The quantitative estimate of drug-likeness (QED) is 0.692. The molecule has 18 heavy (non-hydrogen) atoms.